The maximum Gasteiger partial charge on any atom is 0.416 e. The van der Waals surface area contributed by atoms with Gasteiger partial charge in [-0.25, -0.2) is 0 Å². The number of nitrogens with zero attached hydrogens (tertiary/aromatic N) is 1. The lowest BCUT2D eigenvalue weighted by Gasteiger charge is -2.12. The van der Waals surface area contributed by atoms with Crippen molar-refractivity contribution in [2.24, 2.45) is 0 Å². The molecule has 24 heavy (non-hydrogen) atoms. The molecule has 9 heteroatoms. The Morgan fingerprint density at radius 2 is 1.96 bits per heavy atom. The first-order valence-corrected chi connectivity index (χ1v) is 7.94. The van der Waals surface area contributed by atoms with Gasteiger partial charge >= 0.3 is 12.1 Å². The van der Waals surface area contributed by atoms with Crippen LogP contribution in [0.5, 0.6) is 0 Å². The van der Waals surface area contributed by atoms with E-state index in [0.29, 0.717) is 14.8 Å². The van der Waals surface area contributed by atoms with Crippen LogP contribution in [-0.4, -0.2) is 34.8 Å². The highest BCUT2D eigenvalue weighted by atomic mass is 32.2. The Labute approximate surface area is 145 Å². The minimum absolute atomic E-state index is 0.0104. The number of amides is 1. The molecule has 0 radical (unpaired) electrons. The highest BCUT2D eigenvalue weighted by Gasteiger charge is 2.32. The average molecular weight is 375 g/mol. The van der Waals surface area contributed by atoms with E-state index in [1.165, 1.54) is 30.2 Å². The molecule has 1 aromatic rings. The SMILES string of the molecule is COC(=O)CCN1C(=O)/C(=C/c2ccc(C(F)(F)F)cc2)SC1=S. The minimum atomic E-state index is -4.41. The first kappa shape index (κ1) is 18.5. The summed E-state index contributed by atoms with van der Waals surface area (Å²) >= 11 is 6.14. The standard InChI is InChI=1S/C15H12F3NO3S2/c1-22-12(20)6-7-19-13(21)11(24-14(19)23)8-9-2-4-10(5-3-9)15(16,17)18/h2-5,8H,6-7H2,1H3/b11-8-. The van der Waals surface area contributed by atoms with E-state index in [4.69, 9.17) is 12.2 Å². The smallest absolute Gasteiger partial charge is 0.416 e. The number of thioether (sulfide) groups is 1. The molecule has 2 rings (SSSR count). The van der Waals surface area contributed by atoms with Crippen LogP contribution in [0.15, 0.2) is 29.2 Å². The molecule has 0 atom stereocenters. The second-order valence-electron chi connectivity index (χ2n) is 4.78. The van der Waals surface area contributed by atoms with Crippen molar-refractivity contribution in [2.45, 2.75) is 12.6 Å². The van der Waals surface area contributed by atoms with Gasteiger partial charge in [-0.05, 0) is 23.8 Å². The molecule has 0 aromatic heterocycles. The van der Waals surface area contributed by atoms with Crippen molar-refractivity contribution >= 4 is 46.3 Å². The molecule has 0 spiro atoms. The van der Waals surface area contributed by atoms with E-state index in [1.807, 2.05) is 0 Å². The number of esters is 1. The van der Waals surface area contributed by atoms with E-state index in [0.717, 1.165) is 23.9 Å². The molecule has 0 aliphatic carbocycles. The van der Waals surface area contributed by atoms with Crippen LogP contribution in [0.2, 0.25) is 0 Å². The Balaban J connectivity index is 2.12. The van der Waals surface area contributed by atoms with Crippen LogP contribution >= 0.6 is 24.0 Å². The maximum atomic E-state index is 12.5. The fourth-order valence-electron chi connectivity index (χ4n) is 1.92. The first-order chi connectivity index (χ1) is 11.2. The topological polar surface area (TPSA) is 46.6 Å². The predicted octanol–water partition coefficient (Wildman–Crippen LogP) is 3.47. The number of hydrogen-bond donors (Lipinski definition) is 0. The van der Waals surface area contributed by atoms with Crippen LogP contribution in [-0.2, 0) is 20.5 Å². The summed E-state index contributed by atoms with van der Waals surface area (Å²) in [6.45, 7) is 0.0989. The van der Waals surface area contributed by atoms with Crippen LogP contribution in [0.3, 0.4) is 0 Å². The van der Waals surface area contributed by atoms with Crippen LogP contribution in [0.4, 0.5) is 13.2 Å². The molecule has 128 valence electrons. The number of hydrogen-bond acceptors (Lipinski definition) is 5. The van der Waals surface area contributed by atoms with Crippen molar-refractivity contribution in [3.8, 4) is 0 Å². The number of carbonyl (C=O) groups is 2. The minimum Gasteiger partial charge on any atom is -0.469 e. The molecular weight excluding hydrogens is 363 g/mol. The lowest BCUT2D eigenvalue weighted by molar-refractivity contribution is -0.141. The quantitative estimate of drug-likeness (QED) is 0.458. The molecule has 0 saturated carbocycles. The summed E-state index contributed by atoms with van der Waals surface area (Å²) in [4.78, 5) is 25.0. The Morgan fingerprint density at radius 3 is 2.50 bits per heavy atom. The van der Waals surface area contributed by atoms with Crippen LogP contribution in [0.1, 0.15) is 17.5 Å². The third-order valence-electron chi connectivity index (χ3n) is 3.18. The number of benzene rings is 1. The molecule has 1 aromatic carbocycles. The number of methoxy groups -OCH3 is 1. The Morgan fingerprint density at radius 1 is 1.33 bits per heavy atom. The number of alkyl halides is 3. The van der Waals surface area contributed by atoms with Gasteiger partial charge < -0.3 is 4.74 Å². The van der Waals surface area contributed by atoms with Gasteiger partial charge in [0, 0.05) is 6.54 Å². The molecule has 1 heterocycles. The predicted molar refractivity (Wildman–Crippen MR) is 88.0 cm³/mol. The summed E-state index contributed by atoms with van der Waals surface area (Å²) in [5, 5.41) is 0. The number of halogens is 3. The number of carbonyl (C=O) groups excluding carboxylic acids is 2. The van der Waals surface area contributed by atoms with E-state index in [1.54, 1.807) is 0 Å². The van der Waals surface area contributed by atoms with Crippen molar-refractivity contribution in [2.75, 3.05) is 13.7 Å². The van der Waals surface area contributed by atoms with E-state index >= 15 is 0 Å². The van der Waals surface area contributed by atoms with E-state index < -0.39 is 17.7 Å². The van der Waals surface area contributed by atoms with Gasteiger partial charge in [0.25, 0.3) is 5.91 Å². The monoisotopic (exact) mass is 375 g/mol. The van der Waals surface area contributed by atoms with Crippen molar-refractivity contribution in [3.63, 3.8) is 0 Å². The van der Waals surface area contributed by atoms with Gasteiger partial charge in [0.15, 0.2) is 0 Å². The normalized spacial score (nSPS) is 16.8. The van der Waals surface area contributed by atoms with Crippen molar-refractivity contribution < 1.29 is 27.5 Å². The average Bonchev–Trinajstić information content (AvgIpc) is 2.78. The molecule has 0 N–H and O–H groups in total. The van der Waals surface area contributed by atoms with Crippen LogP contribution < -0.4 is 0 Å². The van der Waals surface area contributed by atoms with Crippen molar-refractivity contribution in [3.05, 3.63) is 40.3 Å². The van der Waals surface area contributed by atoms with Crippen molar-refractivity contribution in [1.29, 1.82) is 0 Å². The van der Waals surface area contributed by atoms with E-state index in [-0.39, 0.29) is 18.9 Å². The Hall–Kier alpha value is -1.87. The third kappa shape index (κ3) is 4.35. The fourth-order valence-corrected chi connectivity index (χ4v) is 3.23. The largest absolute Gasteiger partial charge is 0.469 e. The number of thiocarbonyl (C=S) groups is 1. The fraction of sp³-hybridized carbons (Fsp3) is 0.267. The molecule has 0 unspecified atom stereocenters. The van der Waals surface area contributed by atoms with Gasteiger partial charge in [-0.3, -0.25) is 14.5 Å². The molecule has 1 saturated heterocycles. The molecular formula is C15H12F3NO3S2. The summed E-state index contributed by atoms with van der Waals surface area (Å²) in [5.74, 6) is -0.843. The summed E-state index contributed by atoms with van der Waals surface area (Å²) in [5.41, 5.74) is -0.304. The summed E-state index contributed by atoms with van der Waals surface area (Å²) in [6.07, 6.45) is -2.93. The molecule has 1 aliphatic rings. The second-order valence-corrected chi connectivity index (χ2v) is 6.46. The highest BCUT2D eigenvalue weighted by Crippen LogP contribution is 2.33. The number of rotatable bonds is 4. The highest BCUT2D eigenvalue weighted by molar-refractivity contribution is 8.26. The van der Waals surface area contributed by atoms with Crippen LogP contribution in [0.25, 0.3) is 6.08 Å². The Kier molecular flexibility index (Phi) is 5.66. The van der Waals surface area contributed by atoms with Gasteiger partial charge in [-0.2, -0.15) is 13.2 Å². The number of ether oxygens (including phenoxy) is 1. The van der Waals surface area contributed by atoms with Crippen molar-refractivity contribution in [1.82, 2.24) is 4.90 Å². The second kappa shape index (κ2) is 7.35. The lowest BCUT2D eigenvalue weighted by atomic mass is 10.1. The van der Waals surface area contributed by atoms with Gasteiger partial charge in [-0.1, -0.05) is 36.1 Å². The van der Waals surface area contributed by atoms with E-state index in [9.17, 15) is 22.8 Å². The third-order valence-corrected chi connectivity index (χ3v) is 4.55. The summed E-state index contributed by atoms with van der Waals surface area (Å²) < 4.78 is 42.4. The van der Waals surface area contributed by atoms with Gasteiger partial charge in [0.05, 0.1) is 24.0 Å². The zero-order valence-corrected chi connectivity index (χ0v) is 14.1. The molecule has 1 fully saturated rings. The van der Waals surface area contributed by atoms with Gasteiger partial charge in [0.2, 0.25) is 0 Å². The molecule has 1 amide bonds. The zero-order valence-electron chi connectivity index (χ0n) is 12.4. The van der Waals surface area contributed by atoms with Crippen LogP contribution in [0, 0.1) is 0 Å². The maximum absolute atomic E-state index is 12.5. The lowest BCUT2D eigenvalue weighted by Crippen LogP contribution is -2.30. The molecule has 4 nitrogen and oxygen atoms in total. The molecule has 0 bridgehead atoms. The van der Waals surface area contributed by atoms with Gasteiger partial charge in [-0.15, -0.1) is 0 Å². The summed E-state index contributed by atoms with van der Waals surface area (Å²) in [7, 11) is 1.25. The van der Waals surface area contributed by atoms with E-state index in [2.05, 4.69) is 4.74 Å². The summed E-state index contributed by atoms with van der Waals surface area (Å²) in [6, 6.07) is 4.46. The Bertz CT molecular complexity index is 699. The zero-order chi connectivity index (χ0) is 17.9. The first-order valence-electron chi connectivity index (χ1n) is 6.72. The molecule has 1 aliphatic heterocycles. The van der Waals surface area contributed by atoms with Gasteiger partial charge in [0.1, 0.15) is 4.32 Å².